The zero-order valence-corrected chi connectivity index (χ0v) is 14.3. The highest BCUT2D eigenvalue weighted by Gasteiger charge is 2.21. The van der Waals surface area contributed by atoms with Crippen LogP contribution in [0.25, 0.3) is 6.08 Å². The van der Waals surface area contributed by atoms with Crippen molar-refractivity contribution >= 4 is 12.0 Å². The number of carbonyl (C=O) groups excluding carboxylic acids is 1. The van der Waals surface area contributed by atoms with E-state index in [1.165, 1.54) is 11.1 Å². The number of nitrogens with zero attached hydrogens (tertiary/aromatic N) is 1. The fourth-order valence-corrected chi connectivity index (χ4v) is 3.26. The molecule has 1 fully saturated rings. The van der Waals surface area contributed by atoms with Crippen LogP contribution in [0.2, 0.25) is 0 Å². The number of hydrogen-bond acceptors (Lipinski definition) is 1. The van der Waals surface area contributed by atoms with Gasteiger partial charge in [-0.15, -0.1) is 0 Å². The van der Waals surface area contributed by atoms with Crippen molar-refractivity contribution in [2.24, 2.45) is 5.92 Å². The Labute approximate surface area is 144 Å². The van der Waals surface area contributed by atoms with Gasteiger partial charge in [-0.05, 0) is 49.3 Å². The normalized spacial score (nSPS) is 15.8. The Bertz CT molecular complexity index is 680. The molecule has 24 heavy (non-hydrogen) atoms. The second kappa shape index (κ2) is 7.96. The summed E-state index contributed by atoms with van der Waals surface area (Å²) < 4.78 is 0. The number of amides is 1. The maximum Gasteiger partial charge on any atom is 0.246 e. The molecule has 3 rings (SSSR count). The topological polar surface area (TPSA) is 20.3 Å². The minimum atomic E-state index is 0.133. The van der Waals surface area contributed by atoms with Gasteiger partial charge < -0.3 is 4.90 Å². The summed E-state index contributed by atoms with van der Waals surface area (Å²) in [5.41, 5.74) is 3.72. The summed E-state index contributed by atoms with van der Waals surface area (Å²) in [6.07, 6.45) is 6.94. The van der Waals surface area contributed by atoms with Gasteiger partial charge in [0.05, 0.1) is 0 Å². The van der Waals surface area contributed by atoms with Crippen LogP contribution in [-0.2, 0) is 11.2 Å². The fraction of sp³-hybridized carbons (Fsp3) is 0.318. The smallest absolute Gasteiger partial charge is 0.246 e. The number of hydrogen-bond donors (Lipinski definition) is 0. The summed E-state index contributed by atoms with van der Waals surface area (Å²) >= 11 is 0. The second-order valence-corrected chi connectivity index (χ2v) is 6.70. The highest BCUT2D eigenvalue weighted by molar-refractivity contribution is 5.91. The van der Waals surface area contributed by atoms with E-state index in [4.69, 9.17) is 0 Å². The summed E-state index contributed by atoms with van der Waals surface area (Å²) in [5.74, 6) is 0.825. The van der Waals surface area contributed by atoms with Gasteiger partial charge in [0.2, 0.25) is 5.91 Å². The van der Waals surface area contributed by atoms with E-state index >= 15 is 0 Å². The van der Waals surface area contributed by atoms with E-state index in [1.54, 1.807) is 6.08 Å². The number of aryl methyl sites for hydroxylation is 1. The molecular weight excluding hydrogens is 294 g/mol. The molecule has 1 aliphatic rings. The van der Waals surface area contributed by atoms with Crippen molar-refractivity contribution in [3.05, 3.63) is 77.4 Å². The number of likely N-dealkylation sites (tertiary alicyclic amines) is 1. The van der Waals surface area contributed by atoms with Gasteiger partial charge in [-0.1, -0.05) is 60.2 Å². The quantitative estimate of drug-likeness (QED) is 0.760. The molecule has 1 aliphatic heterocycles. The number of rotatable bonds is 4. The van der Waals surface area contributed by atoms with Crippen LogP contribution in [0, 0.1) is 12.8 Å². The lowest BCUT2D eigenvalue weighted by molar-refractivity contribution is -0.127. The maximum atomic E-state index is 12.3. The van der Waals surface area contributed by atoms with Crippen molar-refractivity contribution in [1.82, 2.24) is 4.90 Å². The molecular formula is C22H25NO. The predicted molar refractivity (Wildman–Crippen MR) is 99.7 cm³/mol. The Morgan fingerprint density at radius 2 is 1.71 bits per heavy atom. The van der Waals surface area contributed by atoms with Crippen molar-refractivity contribution in [3.8, 4) is 0 Å². The zero-order valence-electron chi connectivity index (χ0n) is 14.3. The van der Waals surface area contributed by atoms with Crippen molar-refractivity contribution in [1.29, 1.82) is 0 Å². The molecule has 1 heterocycles. The first-order valence-corrected chi connectivity index (χ1v) is 8.78. The maximum absolute atomic E-state index is 12.3. The molecule has 2 aromatic rings. The Kier molecular flexibility index (Phi) is 5.47. The first kappa shape index (κ1) is 16.5. The molecule has 2 aromatic carbocycles. The molecule has 0 bridgehead atoms. The average Bonchev–Trinajstić information content (AvgIpc) is 2.62. The molecule has 0 spiro atoms. The molecule has 124 valence electrons. The monoisotopic (exact) mass is 319 g/mol. The van der Waals surface area contributed by atoms with E-state index < -0.39 is 0 Å². The van der Waals surface area contributed by atoms with E-state index in [2.05, 4.69) is 49.4 Å². The van der Waals surface area contributed by atoms with Gasteiger partial charge in [-0.2, -0.15) is 0 Å². The number of benzene rings is 2. The van der Waals surface area contributed by atoms with Crippen LogP contribution in [0.4, 0.5) is 0 Å². The van der Waals surface area contributed by atoms with Gasteiger partial charge in [0.15, 0.2) is 0 Å². The molecule has 0 N–H and O–H groups in total. The molecule has 1 saturated heterocycles. The van der Waals surface area contributed by atoms with Crippen LogP contribution < -0.4 is 0 Å². The lowest BCUT2D eigenvalue weighted by Crippen LogP contribution is -2.37. The third-order valence-electron chi connectivity index (χ3n) is 4.79. The standard InChI is InChI=1S/C22H25NO/c1-18-7-9-19(10-8-18)11-12-22(24)23-15-13-21(14-16-23)17-20-5-3-2-4-6-20/h2-12,21H,13-17H2,1H3. The number of carbonyl (C=O) groups is 1. The van der Waals surface area contributed by atoms with Crippen LogP contribution in [0.1, 0.15) is 29.5 Å². The lowest BCUT2D eigenvalue weighted by Gasteiger charge is -2.31. The van der Waals surface area contributed by atoms with Crippen LogP contribution in [0.5, 0.6) is 0 Å². The van der Waals surface area contributed by atoms with Gasteiger partial charge in [0, 0.05) is 19.2 Å². The summed E-state index contributed by atoms with van der Waals surface area (Å²) in [7, 11) is 0. The van der Waals surface area contributed by atoms with Crippen LogP contribution in [0.15, 0.2) is 60.7 Å². The van der Waals surface area contributed by atoms with Crippen LogP contribution >= 0.6 is 0 Å². The molecule has 0 aromatic heterocycles. The predicted octanol–water partition coefficient (Wildman–Crippen LogP) is 4.49. The van der Waals surface area contributed by atoms with Gasteiger partial charge in [-0.25, -0.2) is 0 Å². The van der Waals surface area contributed by atoms with E-state index in [0.29, 0.717) is 5.92 Å². The molecule has 0 atom stereocenters. The van der Waals surface area contributed by atoms with E-state index in [-0.39, 0.29) is 5.91 Å². The first-order chi connectivity index (χ1) is 11.7. The van der Waals surface area contributed by atoms with Gasteiger partial charge in [0.25, 0.3) is 0 Å². The Balaban J connectivity index is 1.49. The third kappa shape index (κ3) is 4.58. The summed E-state index contributed by atoms with van der Waals surface area (Å²) in [5, 5.41) is 0. The van der Waals surface area contributed by atoms with Crippen LogP contribution in [0.3, 0.4) is 0 Å². The van der Waals surface area contributed by atoms with Crippen molar-refractivity contribution in [2.75, 3.05) is 13.1 Å². The highest BCUT2D eigenvalue weighted by Crippen LogP contribution is 2.22. The summed E-state index contributed by atoms with van der Waals surface area (Å²) in [6.45, 7) is 3.81. The summed E-state index contributed by atoms with van der Waals surface area (Å²) in [6, 6.07) is 18.9. The SMILES string of the molecule is Cc1ccc(C=CC(=O)N2CCC(Cc3ccccc3)CC2)cc1. The first-order valence-electron chi connectivity index (χ1n) is 8.78. The Hall–Kier alpha value is -2.35. The molecule has 2 heteroatoms. The van der Waals surface area contributed by atoms with E-state index in [1.807, 2.05) is 23.1 Å². The molecule has 0 radical (unpaired) electrons. The lowest BCUT2D eigenvalue weighted by atomic mass is 9.90. The van der Waals surface area contributed by atoms with Gasteiger partial charge in [-0.3, -0.25) is 4.79 Å². The fourth-order valence-electron chi connectivity index (χ4n) is 3.26. The molecule has 1 amide bonds. The summed E-state index contributed by atoms with van der Waals surface area (Å²) in [4.78, 5) is 14.3. The minimum Gasteiger partial charge on any atom is -0.339 e. The van der Waals surface area contributed by atoms with Gasteiger partial charge in [0.1, 0.15) is 0 Å². The van der Waals surface area contributed by atoms with Crippen molar-refractivity contribution < 1.29 is 4.79 Å². The largest absolute Gasteiger partial charge is 0.339 e. The Morgan fingerprint density at radius 1 is 1.04 bits per heavy atom. The minimum absolute atomic E-state index is 0.133. The van der Waals surface area contributed by atoms with Gasteiger partial charge >= 0.3 is 0 Å². The van der Waals surface area contributed by atoms with Crippen molar-refractivity contribution in [3.63, 3.8) is 0 Å². The molecule has 2 nitrogen and oxygen atoms in total. The zero-order chi connectivity index (χ0) is 16.8. The average molecular weight is 319 g/mol. The Morgan fingerprint density at radius 3 is 2.38 bits per heavy atom. The van der Waals surface area contributed by atoms with E-state index in [0.717, 1.165) is 37.9 Å². The third-order valence-corrected chi connectivity index (χ3v) is 4.79. The second-order valence-electron chi connectivity index (χ2n) is 6.70. The number of piperidine rings is 1. The van der Waals surface area contributed by atoms with Crippen molar-refractivity contribution in [2.45, 2.75) is 26.2 Å². The molecule has 0 unspecified atom stereocenters. The molecule has 0 aliphatic carbocycles. The van der Waals surface area contributed by atoms with Crippen LogP contribution in [-0.4, -0.2) is 23.9 Å². The van der Waals surface area contributed by atoms with E-state index in [9.17, 15) is 4.79 Å². The molecule has 0 saturated carbocycles. The highest BCUT2D eigenvalue weighted by atomic mass is 16.2.